The third-order valence-corrected chi connectivity index (χ3v) is 7.37. The van der Waals surface area contributed by atoms with Gasteiger partial charge >= 0.3 is 5.97 Å². The first-order chi connectivity index (χ1) is 17.8. The molecule has 4 rings (SSSR count). The van der Waals surface area contributed by atoms with E-state index in [0.717, 1.165) is 30.2 Å². The van der Waals surface area contributed by atoms with Crippen molar-refractivity contribution in [1.82, 2.24) is 9.66 Å². The van der Waals surface area contributed by atoms with Crippen molar-refractivity contribution in [2.75, 3.05) is 13.7 Å². The number of carbonyl (C=O) groups is 1. The predicted octanol–water partition coefficient (Wildman–Crippen LogP) is 6.19. The fraction of sp³-hybridized carbons (Fsp3) is 0.407. The Kier molecular flexibility index (Phi) is 9.02. The lowest BCUT2D eigenvalue weighted by atomic mass is 9.88. The van der Waals surface area contributed by atoms with Gasteiger partial charge in [-0.2, -0.15) is 9.78 Å². The first kappa shape index (κ1) is 27.3. The maximum absolute atomic E-state index is 13.6. The molecule has 0 aliphatic heterocycles. The Morgan fingerprint density at radius 3 is 2.68 bits per heavy atom. The molecule has 0 bridgehead atoms. The summed E-state index contributed by atoms with van der Waals surface area (Å²) in [7, 11) is 1.31. The fourth-order valence-corrected chi connectivity index (χ4v) is 5.37. The van der Waals surface area contributed by atoms with Crippen LogP contribution in [0.2, 0.25) is 0 Å². The maximum atomic E-state index is 13.6. The second-order valence-corrected chi connectivity index (χ2v) is 10.6. The summed E-state index contributed by atoms with van der Waals surface area (Å²) in [5.41, 5.74) is 1.14. The zero-order valence-corrected chi connectivity index (χ0v) is 24.2. The van der Waals surface area contributed by atoms with E-state index in [0.29, 0.717) is 44.9 Å². The van der Waals surface area contributed by atoms with Crippen LogP contribution in [0.15, 0.2) is 49.2 Å². The molecule has 10 heteroatoms. The van der Waals surface area contributed by atoms with Gasteiger partial charge in [0.15, 0.2) is 17.6 Å². The number of ether oxygens (including phenoxy) is 3. The Balaban J connectivity index is 1.77. The zero-order chi connectivity index (χ0) is 26.5. The summed E-state index contributed by atoms with van der Waals surface area (Å²) in [6.45, 7) is 3.86. The summed E-state index contributed by atoms with van der Waals surface area (Å²) in [6, 6.07) is 9.08. The van der Waals surface area contributed by atoms with Gasteiger partial charge in [-0.3, -0.25) is 4.79 Å². The molecule has 1 aromatic heterocycles. The van der Waals surface area contributed by atoms with E-state index in [1.807, 2.05) is 19.1 Å². The molecule has 2 aromatic carbocycles. The Morgan fingerprint density at radius 2 is 1.97 bits per heavy atom. The van der Waals surface area contributed by atoms with E-state index in [-0.39, 0.29) is 11.5 Å². The molecule has 0 N–H and O–H groups in total. The first-order valence-corrected chi connectivity index (χ1v) is 13.9. The van der Waals surface area contributed by atoms with Crippen LogP contribution in [0.4, 0.5) is 0 Å². The lowest BCUT2D eigenvalue weighted by molar-refractivity contribution is -0.147. The molecule has 1 saturated carbocycles. The lowest BCUT2D eigenvalue weighted by Crippen LogP contribution is -2.25. The molecule has 0 radical (unpaired) electrons. The third-order valence-electron chi connectivity index (χ3n) is 6.29. The second-order valence-electron chi connectivity index (χ2n) is 8.87. The quantitative estimate of drug-likeness (QED) is 0.217. The van der Waals surface area contributed by atoms with Crippen LogP contribution in [0.5, 0.6) is 11.5 Å². The van der Waals surface area contributed by atoms with Gasteiger partial charge < -0.3 is 14.2 Å². The molecule has 3 aromatic rings. The number of aromatic nitrogens is 2. The van der Waals surface area contributed by atoms with Gasteiger partial charge in [0.1, 0.15) is 5.82 Å². The molecule has 0 amide bonds. The van der Waals surface area contributed by atoms with E-state index < -0.39 is 12.1 Å². The Morgan fingerprint density at radius 1 is 1.22 bits per heavy atom. The van der Waals surface area contributed by atoms with E-state index in [1.165, 1.54) is 18.2 Å². The van der Waals surface area contributed by atoms with Crippen LogP contribution in [0, 0.1) is 0 Å². The van der Waals surface area contributed by atoms with Crippen LogP contribution in [0.1, 0.15) is 63.3 Å². The largest absolute Gasteiger partial charge is 0.490 e. The van der Waals surface area contributed by atoms with Gasteiger partial charge in [0.25, 0.3) is 5.56 Å². The Bertz CT molecular complexity index is 1380. The van der Waals surface area contributed by atoms with E-state index in [2.05, 4.69) is 37.0 Å². The summed E-state index contributed by atoms with van der Waals surface area (Å²) in [5.74, 6) is 1.19. The molecule has 0 saturated heterocycles. The Hall–Kier alpha value is -2.72. The zero-order valence-electron chi connectivity index (χ0n) is 21.0. The molecule has 1 aliphatic carbocycles. The highest BCUT2D eigenvalue weighted by atomic mass is 79.9. The van der Waals surface area contributed by atoms with Crippen LogP contribution in [-0.4, -0.2) is 41.7 Å². The minimum atomic E-state index is -0.820. The molecule has 1 heterocycles. The first-order valence-electron chi connectivity index (χ1n) is 12.3. The molecular formula is C27H29Br2N3O5. The van der Waals surface area contributed by atoms with Gasteiger partial charge in [0, 0.05) is 10.4 Å². The number of hydrogen-bond donors (Lipinski definition) is 0. The summed E-state index contributed by atoms with van der Waals surface area (Å²) in [6.07, 6.45) is 6.17. The lowest BCUT2D eigenvalue weighted by Gasteiger charge is -2.22. The number of benzene rings is 2. The average Bonchev–Trinajstić information content (AvgIpc) is 2.90. The highest BCUT2D eigenvalue weighted by Crippen LogP contribution is 2.37. The van der Waals surface area contributed by atoms with E-state index in [4.69, 9.17) is 19.2 Å². The third kappa shape index (κ3) is 6.23. The highest BCUT2D eigenvalue weighted by Gasteiger charge is 2.23. The molecule has 0 unspecified atom stereocenters. The highest BCUT2D eigenvalue weighted by molar-refractivity contribution is 9.10. The molecule has 1 atom stereocenters. The number of hydrogen-bond acceptors (Lipinski definition) is 7. The standard InChI is InChI=1S/C27H29Br2N3O5/c1-4-36-23-13-17(12-21(29)24(23)37-16(2)27(34)35-3)15-30-32-25(18-8-6-5-7-9-18)31-22-11-10-19(28)14-20(22)26(32)33/h10-16,18H,4-9H2,1-3H3/t16-/m1/s1. The van der Waals surface area contributed by atoms with Crippen molar-refractivity contribution in [1.29, 1.82) is 0 Å². The monoisotopic (exact) mass is 633 g/mol. The van der Waals surface area contributed by atoms with E-state index >= 15 is 0 Å². The van der Waals surface area contributed by atoms with Crippen molar-refractivity contribution in [2.24, 2.45) is 5.10 Å². The van der Waals surface area contributed by atoms with Crippen LogP contribution < -0.4 is 15.0 Å². The molecule has 1 fully saturated rings. The van der Waals surface area contributed by atoms with Gasteiger partial charge in [0.2, 0.25) is 0 Å². The molecule has 0 spiro atoms. The van der Waals surface area contributed by atoms with Crippen molar-refractivity contribution in [3.05, 3.63) is 61.0 Å². The summed E-state index contributed by atoms with van der Waals surface area (Å²) in [5, 5.41) is 5.12. The fourth-order valence-electron chi connectivity index (χ4n) is 4.46. The van der Waals surface area contributed by atoms with Gasteiger partial charge in [-0.25, -0.2) is 9.78 Å². The molecule has 37 heavy (non-hydrogen) atoms. The van der Waals surface area contributed by atoms with Crippen LogP contribution >= 0.6 is 31.9 Å². The number of carbonyl (C=O) groups excluding carboxylic acids is 1. The minimum Gasteiger partial charge on any atom is -0.490 e. The summed E-state index contributed by atoms with van der Waals surface area (Å²) < 4.78 is 19.2. The number of esters is 1. The van der Waals surface area contributed by atoms with Crippen molar-refractivity contribution < 1.29 is 19.0 Å². The SMILES string of the molecule is CCOc1cc(C=Nn2c(C3CCCCC3)nc3ccc(Br)cc3c2=O)cc(Br)c1O[C@H](C)C(=O)OC. The van der Waals surface area contributed by atoms with Crippen LogP contribution in [-0.2, 0) is 9.53 Å². The van der Waals surface area contributed by atoms with E-state index in [1.54, 1.807) is 31.3 Å². The van der Waals surface area contributed by atoms with Gasteiger partial charge in [-0.15, -0.1) is 0 Å². The number of fused-ring (bicyclic) bond motifs is 1. The van der Waals surface area contributed by atoms with Crippen molar-refractivity contribution >= 4 is 54.9 Å². The minimum absolute atomic E-state index is 0.174. The van der Waals surface area contributed by atoms with E-state index in [9.17, 15) is 9.59 Å². The number of nitrogens with zero attached hydrogens (tertiary/aromatic N) is 3. The average molecular weight is 635 g/mol. The predicted molar refractivity (Wildman–Crippen MR) is 150 cm³/mol. The normalized spacial score (nSPS) is 15.2. The molecular weight excluding hydrogens is 606 g/mol. The van der Waals surface area contributed by atoms with Crippen molar-refractivity contribution in [3.63, 3.8) is 0 Å². The summed E-state index contributed by atoms with van der Waals surface area (Å²) >= 11 is 6.98. The van der Waals surface area contributed by atoms with Gasteiger partial charge in [-0.1, -0.05) is 35.2 Å². The Labute approximate surface area is 232 Å². The number of methoxy groups -OCH3 is 1. The summed E-state index contributed by atoms with van der Waals surface area (Å²) in [4.78, 5) is 30.3. The smallest absolute Gasteiger partial charge is 0.346 e. The van der Waals surface area contributed by atoms with Crippen molar-refractivity contribution in [2.45, 2.75) is 58.0 Å². The maximum Gasteiger partial charge on any atom is 0.346 e. The van der Waals surface area contributed by atoms with Crippen LogP contribution in [0.3, 0.4) is 0 Å². The molecule has 8 nitrogen and oxygen atoms in total. The van der Waals surface area contributed by atoms with Crippen molar-refractivity contribution in [3.8, 4) is 11.5 Å². The van der Waals surface area contributed by atoms with Gasteiger partial charge in [-0.05, 0) is 78.5 Å². The molecule has 196 valence electrons. The van der Waals surface area contributed by atoms with Crippen LogP contribution in [0.25, 0.3) is 10.9 Å². The topological polar surface area (TPSA) is 92.0 Å². The molecule has 1 aliphatic rings. The van der Waals surface area contributed by atoms with Gasteiger partial charge in [0.05, 0.1) is 35.3 Å². The number of halogens is 2. The number of rotatable bonds is 8. The second kappa shape index (κ2) is 12.2.